The molecule has 0 saturated heterocycles. The molecule has 1 N–H and O–H groups in total. The molecule has 0 atom stereocenters. The van der Waals surface area contributed by atoms with E-state index in [4.69, 9.17) is 10.4 Å². The molecular weight excluding hydrogens is 214 g/mol. The molecule has 0 saturated carbocycles. The third-order valence-electron chi connectivity index (χ3n) is 2.65. The van der Waals surface area contributed by atoms with Gasteiger partial charge in [0, 0.05) is 25.9 Å². The molecule has 0 radical (unpaired) electrons. The van der Waals surface area contributed by atoms with Gasteiger partial charge in [-0.05, 0) is 38.3 Å². The van der Waals surface area contributed by atoms with Gasteiger partial charge in [0.25, 0.3) is 0 Å². The number of pyridine rings is 1. The average molecular weight is 233 g/mol. The van der Waals surface area contributed by atoms with Crippen molar-refractivity contribution < 1.29 is 5.11 Å². The van der Waals surface area contributed by atoms with E-state index in [2.05, 4.69) is 11.1 Å². The van der Waals surface area contributed by atoms with E-state index in [-0.39, 0.29) is 6.61 Å². The first-order chi connectivity index (χ1) is 8.19. The largest absolute Gasteiger partial charge is 0.396 e. The van der Waals surface area contributed by atoms with Gasteiger partial charge in [0.1, 0.15) is 11.9 Å². The highest BCUT2D eigenvalue weighted by Gasteiger charge is 2.08. The Morgan fingerprint density at radius 3 is 2.76 bits per heavy atom. The van der Waals surface area contributed by atoms with Crippen LogP contribution in [-0.2, 0) is 0 Å². The molecule has 1 heterocycles. The molecule has 0 aliphatic carbocycles. The minimum absolute atomic E-state index is 0.246. The Morgan fingerprint density at radius 2 is 2.12 bits per heavy atom. The van der Waals surface area contributed by atoms with Gasteiger partial charge in [-0.3, -0.25) is 0 Å². The lowest BCUT2D eigenvalue weighted by atomic mass is 10.2. The average Bonchev–Trinajstić information content (AvgIpc) is 2.34. The summed E-state index contributed by atoms with van der Waals surface area (Å²) in [6.45, 7) is 3.02. The van der Waals surface area contributed by atoms with E-state index in [0.29, 0.717) is 5.56 Å². The summed E-state index contributed by atoms with van der Waals surface area (Å²) in [5.41, 5.74) is 1.53. The number of nitriles is 1. The van der Waals surface area contributed by atoms with Crippen molar-refractivity contribution in [3.63, 3.8) is 0 Å². The van der Waals surface area contributed by atoms with Gasteiger partial charge in [-0.2, -0.15) is 5.26 Å². The third kappa shape index (κ3) is 4.04. The number of anilines is 1. The molecule has 4 nitrogen and oxygen atoms in total. The minimum Gasteiger partial charge on any atom is -0.396 e. The van der Waals surface area contributed by atoms with Gasteiger partial charge in [0.2, 0.25) is 0 Å². The molecule has 1 rings (SSSR count). The number of rotatable bonds is 6. The third-order valence-corrected chi connectivity index (χ3v) is 2.65. The predicted octanol–water partition coefficient (Wildman–Crippen LogP) is 1.86. The summed E-state index contributed by atoms with van der Waals surface area (Å²) in [7, 11) is 1.95. The quantitative estimate of drug-likeness (QED) is 0.762. The van der Waals surface area contributed by atoms with Crippen LogP contribution in [0.25, 0.3) is 0 Å². The first kappa shape index (κ1) is 13.5. The van der Waals surface area contributed by atoms with E-state index in [0.717, 1.165) is 37.3 Å². The SMILES string of the molecule is Cc1ccc(C#N)c(N(C)CCCCCO)n1. The van der Waals surface area contributed by atoms with E-state index < -0.39 is 0 Å². The fourth-order valence-corrected chi connectivity index (χ4v) is 1.66. The van der Waals surface area contributed by atoms with Crippen LogP contribution in [0.4, 0.5) is 5.82 Å². The van der Waals surface area contributed by atoms with Gasteiger partial charge in [0.15, 0.2) is 0 Å². The van der Waals surface area contributed by atoms with Crippen molar-refractivity contribution in [1.29, 1.82) is 5.26 Å². The summed E-state index contributed by atoms with van der Waals surface area (Å²) in [5, 5.41) is 17.7. The number of aromatic nitrogens is 1. The Bertz CT molecular complexity index is 398. The zero-order valence-electron chi connectivity index (χ0n) is 10.5. The Morgan fingerprint density at radius 1 is 1.35 bits per heavy atom. The zero-order valence-corrected chi connectivity index (χ0v) is 10.5. The van der Waals surface area contributed by atoms with E-state index in [9.17, 15) is 0 Å². The molecule has 0 fully saturated rings. The molecule has 0 unspecified atom stereocenters. The van der Waals surface area contributed by atoms with Crippen LogP contribution in [0.3, 0.4) is 0 Å². The summed E-state index contributed by atoms with van der Waals surface area (Å²) < 4.78 is 0. The van der Waals surface area contributed by atoms with Gasteiger partial charge in [-0.1, -0.05) is 0 Å². The maximum atomic E-state index is 9.02. The van der Waals surface area contributed by atoms with Gasteiger partial charge in [-0.15, -0.1) is 0 Å². The van der Waals surface area contributed by atoms with Crippen molar-refractivity contribution in [2.75, 3.05) is 25.1 Å². The Balaban J connectivity index is 2.64. The van der Waals surface area contributed by atoms with Crippen molar-refractivity contribution in [3.05, 3.63) is 23.4 Å². The number of hydrogen-bond donors (Lipinski definition) is 1. The molecular formula is C13H19N3O. The molecule has 4 heteroatoms. The number of aryl methyl sites for hydroxylation is 1. The Kier molecular flexibility index (Phi) is 5.44. The van der Waals surface area contributed by atoms with Crippen molar-refractivity contribution in [1.82, 2.24) is 4.98 Å². The van der Waals surface area contributed by atoms with Crippen molar-refractivity contribution in [2.45, 2.75) is 26.2 Å². The Hall–Kier alpha value is -1.60. The lowest BCUT2D eigenvalue weighted by molar-refractivity contribution is 0.283. The minimum atomic E-state index is 0.246. The molecule has 1 aromatic rings. The molecule has 0 bridgehead atoms. The first-order valence-corrected chi connectivity index (χ1v) is 5.88. The fraction of sp³-hybridized carbons (Fsp3) is 0.538. The summed E-state index contributed by atoms with van der Waals surface area (Å²) in [4.78, 5) is 6.40. The smallest absolute Gasteiger partial charge is 0.146 e. The standard InChI is InChI=1S/C13H19N3O/c1-11-6-7-12(10-14)13(15-11)16(2)8-4-3-5-9-17/h6-7,17H,3-5,8-9H2,1-2H3. The highest BCUT2D eigenvalue weighted by Crippen LogP contribution is 2.16. The summed E-state index contributed by atoms with van der Waals surface area (Å²) in [6.07, 6.45) is 2.83. The molecule has 0 aliphatic rings. The van der Waals surface area contributed by atoms with E-state index >= 15 is 0 Å². The maximum Gasteiger partial charge on any atom is 0.146 e. The van der Waals surface area contributed by atoms with Crippen LogP contribution in [0, 0.1) is 18.3 Å². The van der Waals surface area contributed by atoms with Crippen LogP contribution in [0.15, 0.2) is 12.1 Å². The first-order valence-electron chi connectivity index (χ1n) is 5.88. The molecule has 1 aromatic heterocycles. The summed E-state index contributed by atoms with van der Waals surface area (Å²) >= 11 is 0. The molecule has 92 valence electrons. The number of nitrogens with zero attached hydrogens (tertiary/aromatic N) is 3. The number of aliphatic hydroxyl groups is 1. The van der Waals surface area contributed by atoms with Crippen LogP contribution in [0.2, 0.25) is 0 Å². The second kappa shape index (κ2) is 6.87. The highest BCUT2D eigenvalue weighted by molar-refractivity contribution is 5.53. The predicted molar refractivity (Wildman–Crippen MR) is 67.9 cm³/mol. The van der Waals surface area contributed by atoms with Gasteiger partial charge in [-0.25, -0.2) is 4.98 Å². The maximum absolute atomic E-state index is 9.02. The van der Waals surface area contributed by atoms with Crippen molar-refractivity contribution >= 4 is 5.82 Å². The van der Waals surface area contributed by atoms with Crippen molar-refractivity contribution in [2.24, 2.45) is 0 Å². The van der Waals surface area contributed by atoms with Crippen LogP contribution >= 0.6 is 0 Å². The van der Waals surface area contributed by atoms with E-state index in [1.165, 1.54) is 0 Å². The zero-order chi connectivity index (χ0) is 12.7. The van der Waals surface area contributed by atoms with Crippen LogP contribution < -0.4 is 4.90 Å². The second-order valence-electron chi connectivity index (χ2n) is 4.14. The van der Waals surface area contributed by atoms with Crippen LogP contribution in [-0.4, -0.2) is 30.3 Å². The lowest BCUT2D eigenvalue weighted by Crippen LogP contribution is -2.21. The summed E-state index contributed by atoms with van der Waals surface area (Å²) in [5.74, 6) is 0.747. The van der Waals surface area contributed by atoms with E-state index in [1.807, 2.05) is 31.0 Å². The number of hydrogen-bond acceptors (Lipinski definition) is 4. The van der Waals surface area contributed by atoms with Gasteiger partial charge >= 0.3 is 0 Å². The Labute approximate surface area is 103 Å². The highest BCUT2D eigenvalue weighted by atomic mass is 16.2. The lowest BCUT2D eigenvalue weighted by Gasteiger charge is -2.19. The number of aliphatic hydroxyl groups excluding tert-OH is 1. The summed E-state index contributed by atoms with van der Waals surface area (Å²) in [6, 6.07) is 5.82. The molecule has 0 amide bonds. The van der Waals surface area contributed by atoms with Crippen LogP contribution in [0.5, 0.6) is 0 Å². The monoisotopic (exact) mass is 233 g/mol. The van der Waals surface area contributed by atoms with E-state index in [1.54, 1.807) is 0 Å². The topological polar surface area (TPSA) is 60.2 Å². The molecule has 0 aliphatic heterocycles. The number of unbranched alkanes of at least 4 members (excludes halogenated alkanes) is 2. The molecule has 0 spiro atoms. The van der Waals surface area contributed by atoms with Gasteiger partial charge in [0.05, 0.1) is 5.56 Å². The van der Waals surface area contributed by atoms with Crippen molar-refractivity contribution in [3.8, 4) is 6.07 Å². The molecule has 17 heavy (non-hydrogen) atoms. The second-order valence-corrected chi connectivity index (χ2v) is 4.14. The van der Waals surface area contributed by atoms with Crippen LogP contribution in [0.1, 0.15) is 30.5 Å². The van der Waals surface area contributed by atoms with Gasteiger partial charge < -0.3 is 10.0 Å². The normalized spacial score (nSPS) is 10.0. The molecule has 0 aromatic carbocycles. The fourth-order valence-electron chi connectivity index (χ4n) is 1.66.